The average molecular weight is 402 g/mol. The van der Waals surface area contributed by atoms with Crippen LogP contribution in [-0.4, -0.2) is 40.2 Å². The molecule has 1 aromatic heterocycles. The third kappa shape index (κ3) is 2.72. The summed E-state index contributed by atoms with van der Waals surface area (Å²) in [5, 5.41) is 10.5. The van der Waals surface area contributed by atoms with E-state index in [0.29, 0.717) is 5.69 Å². The van der Waals surface area contributed by atoms with E-state index in [2.05, 4.69) is 32.3 Å². The van der Waals surface area contributed by atoms with Gasteiger partial charge in [0, 0.05) is 17.5 Å². The van der Waals surface area contributed by atoms with Crippen LogP contribution in [0.2, 0.25) is 0 Å². The molecule has 0 radical (unpaired) electrons. The van der Waals surface area contributed by atoms with E-state index in [1.54, 1.807) is 24.4 Å². The fourth-order valence-electron chi connectivity index (χ4n) is 5.64. The molecular weight excluding hydrogens is 370 g/mol. The van der Waals surface area contributed by atoms with Crippen molar-refractivity contribution in [1.82, 2.24) is 4.98 Å². The molecule has 0 aromatic carbocycles. The van der Waals surface area contributed by atoms with Crippen LogP contribution in [0.4, 0.5) is 0 Å². The molecule has 3 aliphatic rings. The molecule has 4 rings (SSSR count). The molecule has 3 fully saturated rings. The summed E-state index contributed by atoms with van der Waals surface area (Å²) in [6.45, 7) is 14.3. The van der Waals surface area contributed by atoms with Gasteiger partial charge < -0.3 is 19.3 Å². The second kappa shape index (κ2) is 6.62. The van der Waals surface area contributed by atoms with Crippen LogP contribution in [0.5, 0.6) is 0 Å². The zero-order valence-corrected chi connectivity index (χ0v) is 17.8. The fourth-order valence-corrected chi connectivity index (χ4v) is 5.64. The van der Waals surface area contributed by atoms with E-state index in [9.17, 15) is 9.90 Å². The fraction of sp³-hybridized carbons (Fsp3) is 0.652. The number of pyridine rings is 1. The Morgan fingerprint density at radius 1 is 1.28 bits per heavy atom. The van der Waals surface area contributed by atoms with E-state index in [-0.39, 0.29) is 34.5 Å². The molecule has 158 valence electrons. The summed E-state index contributed by atoms with van der Waals surface area (Å²) >= 11 is 0. The zero-order chi connectivity index (χ0) is 21.2. The summed E-state index contributed by atoms with van der Waals surface area (Å²) in [6.07, 6.45) is 1.49. The minimum absolute atomic E-state index is 0.0397. The molecule has 1 spiro atoms. The lowest BCUT2D eigenvalue weighted by Gasteiger charge is -2.42. The standard InChI is InChI=1S/C23H31NO5/c1-13(18(25)16-9-7-8-12-24-16)19(26)27-20-22(6)11-10-17(21(22,4)5)23(20)28-14(2)15(3)29-23/h7-9,12,14-15,17-18,20,25H,1,10-11H2,2-6H3/t14-,15+,17-,18?,20-,22-,23?/m0/s1. The van der Waals surface area contributed by atoms with Crippen LogP contribution in [0.3, 0.4) is 0 Å². The number of aliphatic hydroxyl groups excluding tert-OH is 1. The lowest BCUT2D eigenvalue weighted by molar-refractivity contribution is -0.270. The quantitative estimate of drug-likeness (QED) is 0.614. The predicted molar refractivity (Wildman–Crippen MR) is 107 cm³/mol. The van der Waals surface area contributed by atoms with Gasteiger partial charge in [0.1, 0.15) is 6.10 Å². The molecule has 2 unspecified atom stereocenters. The maximum absolute atomic E-state index is 13.0. The third-order valence-electron chi connectivity index (χ3n) is 7.91. The molecule has 2 bridgehead atoms. The van der Waals surface area contributed by atoms with Crippen LogP contribution in [0.1, 0.15) is 59.3 Å². The maximum Gasteiger partial charge on any atom is 0.336 e. The van der Waals surface area contributed by atoms with Gasteiger partial charge >= 0.3 is 5.97 Å². The van der Waals surface area contributed by atoms with Crippen LogP contribution in [-0.2, 0) is 19.0 Å². The lowest BCUT2D eigenvalue weighted by Crippen LogP contribution is -2.53. The Balaban J connectivity index is 1.62. The van der Waals surface area contributed by atoms with Crippen LogP contribution in [0, 0.1) is 16.7 Å². The van der Waals surface area contributed by atoms with Gasteiger partial charge in [-0.2, -0.15) is 0 Å². The molecule has 1 N–H and O–H groups in total. The molecule has 1 saturated heterocycles. The van der Waals surface area contributed by atoms with Crippen molar-refractivity contribution in [3.05, 3.63) is 42.2 Å². The Bertz CT molecular complexity index is 812. The van der Waals surface area contributed by atoms with Crippen LogP contribution < -0.4 is 0 Å². The summed E-state index contributed by atoms with van der Waals surface area (Å²) in [6, 6.07) is 5.15. The van der Waals surface area contributed by atoms with Crippen molar-refractivity contribution >= 4 is 5.97 Å². The van der Waals surface area contributed by atoms with Gasteiger partial charge in [0.15, 0.2) is 6.10 Å². The van der Waals surface area contributed by atoms with Gasteiger partial charge in [-0.1, -0.05) is 33.4 Å². The van der Waals surface area contributed by atoms with Crippen LogP contribution >= 0.6 is 0 Å². The van der Waals surface area contributed by atoms with Crippen molar-refractivity contribution < 1.29 is 24.1 Å². The normalized spacial score (nSPS) is 40.9. The summed E-state index contributed by atoms with van der Waals surface area (Å²) in [5.74, 6) is -1.48. The second-order valence-corrected chi connectivity index (χ2v) is 9.57. The Hall–Kier alpha value is -1.76. The number of hydrogen-bond acceptors (Lipinski definition) is 6. The summed E-state index contributed by atoms with van der Waals surface area (Å²) in [5.41, 5.74) is -0.0999. The molecule has 2 aliphatic carbocycles. The minimum Gasteiger partial charge on any atom is -0.453 e. The maximum atomic E-state index is 13.0. The first-order valence-electron chi connectivity index (χ1n) is 10.4. The van der Waals surface area contributed by atoms with E-state index < -0.39 is 24.0 Å². The number of esters is 1. The monoisotopic (exact) mass is 401 g/mol. The zero-order valence-electron chi connectivity index (χ0n) is 17.8. The molecule has 2 saturated carbocycles. The van der Waals surface area contributed by atoms with Gasteiger partial charge in [0.2, 0.25) is 5.79 Å². The minimum atomic E-state index is -1.22. The first kappa shape index (κ1) is 20.5. The number of ether oxygens (including phenoxy) is 3. The topological polar surface area (TPSA) is 77.9 Å². The third-order valence-corrected chi connectivity index (χ3v) is 7.91. The summed E-state index contributed by atoms with van der Waals surface area (Å²) in [4.78, 5) is 17.1. The lowest BCUT2D eigenvalue weighted by atomic mass is 9.70. The van der Waals surface area contributed by atoms with E-state index in [0.717, 1.165) is 12.8 Å². The number of aliphatic hydroxyl groups is 1. The number of hydrogen-bond donors (Lipinski definition) is 1. The highest BCUT2D eigenvalue weighted by Gasteiger charge is 2.78. The van der Waals surface area contributed by atoms with Gasteiger partial charge in [0.25, 0.3) is 0 Å². The van der Waals surface area contributed by atoms with Gasteiger partial charge in [-0.15, -0.1) is 0 Å². The molecular formula is C23H31NO5. The predicted octanol–water partition coefficient (Wildman–Crippen LogP) is 3.56. The molecule has 1 aromatic rings. The second-order valence-electron chi connectivity index (χ2n) is 9.57. The van der Waals surface area contributed by atoms with E-state index in [1.165, 1.54) is 0 Å². The van der Waals surface area contributed by atoms with Gasteiger partial charge in [-0.25, -0.2) is 4.79 Å². The van der Waals surface area contributed by atoms with Crippen molar-refractivity contribution in [2.75, 3.05) is 0 Å². The number of aromatic nitrogens is 1. The van der Waals surface area contributed by atoms with Crippen molar-refractivity contribution in [3.63, 3.8) is 0 Å². The van der Waals surface area contributed by atoms with Crippen molar-refractivity contribution in [1.29, 1.82) is 0 Å². The highest BCUT2D eigenvalue weighted by molar-refractivity contribution is 5.89. The molecule has 7 atom stereocenters. The Morgan fingerprint density at radius 2 is 1.93 bits per heavy atom. The van der Waals surface area contributed by atoms with E-state index in [4.69, 9.17) is 14.2 Å². The van der Waals surface area contributed by atoms with Gasteiger partial charge in [-0.3, -0.25) is 4.98 Å². The first-order chi connectivity index (χ1) is 13.5. The number of nitrogens with zero attached hydrogens (tertiary/aromatic N) is 1. The number of fused-ring (bicyclic) bond motifs is 3. The molecule has 2 heterocycles. The first-order valence-corrected chi connectivity index (χ1v) is 10.4. The smallest absolute Gasteiger partial charge is 0.336 e. The van der Waals surface area contributed by atoms with Crippen LogP contribution in [0.15, 0.2) is 36.5 Å². The van der Waals surface area contributed by atoms with E-state index >= 15 is 0 Å². The summed E-state index contributed by atoms with van der Waals surface area (Å²) in [7, 11) is 0. The van der Waals surface area contributed by atoms with E-state index in [1.807, 2.05) is 13.8 Å². The largest absolute Gasteiger partial charge is 0.453 e. The van der Waals surface area contributed by atoms with Gasteiger partial charge in [-0.05, 0) is 44.2 Å². The highest BCUT2D eigenvalue weighted by Crippen LogP contribution is 2.72. The molecule has 1 aliphatic heterocycles. The molecule has 0 amide bonds. The summed E-state index contributed by atoms with van der Waals surface area (Å²) < 4.78 is 18.8. The Morgan fingerprint density at radius 3 is 2.52 bits per heavy atom. The Labute approximate surface area is 172 Å². The van der Waals surface area contributed by atoms with Crippen molar-refractivity contribution in [2.45, 2.75) is 77.7 Å². The molecule has 6 heteroatoms. The van der Waals surface area contributed by atoms with Gasteiger partial charge in [0.05, 0.1) is 23.5 Å². The SMILES string of the molecule is C=C(C(=O)O[C@@H]1C2(O[C@@H](C)[C@@H](C)O2)[C@H]2CC[C@]1(C)C2(C)C)C(O)c1ccccn1. The van der Waals surface area contributed by atoms with Crippen LogP contribution in [0.25, 0.3) is 0 Å². The number of carbonyl (C=O) groups excluding carboxylic acids is 1. The molecule has 29 heavy (non-hydrogen) atoms. The Kier molecular flexibility index (Phi) is 4.68. The van der Waals surface area contributed by atoms with Crippen molar-refractivity contribution in [3.8, 4) is 0 Å². The number of rotatable bonds is 4. The number of carbonyl (C=O) groups is 1. The van der Waals surface area contributed by atoms with Crippen molar-refractivity contribution in [2.24, 2.45) is 16.7 Å². The average Bonchev–Trinajstić information content (AvgIpc) is 3.15. The highest BCUT2D eigenvalue weighted by atomic mass is 16.8. The molecule has 6 nitrogen and oxygen atoms in total.